The van der Waals surface area contributed by atoms with Gasteiger partial charge in [-0.2, -0.15) is 9.39 Å². The van der Waals surface area contributed by atoms with Gasteiger partial charge < -0.3 is 4.57 Å². The van der Waals surface area contributed by atoms with Crippen LogP contribution in [-0.2, 0) is 14.6 Å². The van der Waals surface area contributed by atoms with E-state index < -0.39 is 15.7 Å². The van der Waals surface area contributed by atoms with Gasteiger partial charge in [-0.3, -0.25) is 10.2 Å². The molecule has 0 saturated heterocycles. The van der Waals surface area contributed by atoms with E-state index in [2.05, 4.69) is 25.3 Å². The van der Waals surface area contributed by atoms with Crippen molar-refractivity contribution in [2.45, 2.75) is 20.8 Å². The fourth-order valence-electron chi connectivity index (χ4n) is 3.41. The molecule has 31 heavy (non-hydrogen) atoms. The van der Waals surface area contributed by atoms with Crippen LogP contribution in [0.15, 0.2) is 49.8 Å². The molecule has 0 aliphatic carbocycles. The van der Waals surface area contributed by atoms with Gasteiger partial charge >= 0.3 is 0 Å². The normalized spacial score (nSPS) is 17.8. The SMILES string of the molecule is CCS(=O)(=O)C1=NSC2=NC(=O)/C(=C\c3cc(C)n(-c4ccc(Br)cc4)c3C)C(=N)N21. The third-order valence-electron chi connectivity index (χ3n) is 5.01. The number of carbonyl (C=O) groups is 1. The summed E-state index contributed by atoms with van der Waals surface area (Å²) in [4.78, 5) is 17.7. The van der Waals surface area contributed by atoms with E-state index in [1.807, 2.05) is 48.7 Å². The molecule has 160 valence electrons. The highest BCUT2D eigenvalue weighted by atomic mass is 79.9. The van der Waals surface area contributed by atoms with E-state index in [-0.39, 0.29) is 27.5 Å². The number of aryl methyl sites for hydroxylation is 1. The second kappa shape index (κ2) is 7.88. The highest BCUT2D eigenvalue weighted by molar-refractivity contribution is 9.10. The molecule has 2 aliphatic rings. The average molecular weight is 520 g/mol. The van der Waals surface area contributed by atoms with Crippen molar-refractivity contribution in [3.63, 3.8) is 0 Å². The molecule has 3 heterocycles. The smallest absolute Gasteiger partial charge is 0.283 e. The van der Waals surface area contributed by atoms with Crippen LogP contribution in [0, 0.1) is 19.3 Å². The standard InChI is InChI=1S/C20H18BrN5O3S2/c1-4-31(28,29)20-24-30-19-23-18(27)16(17(22)26(19)20)10-13-9-11(2)25(12(13)3)15-7-5-14(21)6-8-15/h5-10,22H,4H2,1-3H3/b16-10-,22-17?. The molecule has 0 bridgehead atoms. The Labute approximate surface area is 192 Å². The number of hydrogen-bond acceptors (Lipinski definition) is 6. The number of carbonyl (C=O) groups excluding carboxylic acids is 1. The van der Waals surface area contributed by atoms with Crippen LogP contribution in [0.2, 0.25) is 0 Å². The average Bonchev–Trinajstić information content (AvgIpc) is 3.27. The topological polar surface area (TPSA) is 108 Å². The van der Waals surface area contributed by atoms with Crippen LogP contribution in [0.3, 0.4) is 0 Å². The Morgan fingerprint density at radius 1 is 1.23 bits per heavy atom. The molecule has 11 heteroatoms. The van der Waals surface area contributed by atoms with Crippen LogP contribution in [0.1, 0.15) is 23.9 Å². The van der Waals surface area contributed by atoms with Crippen molar-refractivity contribution in [3.8, 4) is 5.69 Å². The molecule has 0 radical (unpaired) electrons. The first kappa shape index (κ1) is 21.7. The number of amides is 1. The van der Waals surface area contributed by atoms with E-state index >= 15 is 0 Å². The Hall–Kier alpha value is -2.50. The Balaban J connectivity index is 1.77. The first-order chi connectivity index (χ1) is 14.6. The van der Waals surface area contributed by atoms with E-state index in [9.17, 15) is 13.2 Å². The van der Waals surface area contributed by atoms with Crippen molar-refractivity contribution in [3.05, 3.63) is 57.3 Å². The Bertz CT molecular complexity index is 1320. The summed E-state index contributed by atoms with van der Waals surface area (Å²) in [5.74, 6) is -1.00. The van der Waals surface area contributed by atoms with Crippen molar-refractivity contribution >= 4 is 65.9 Å². The maximum absolute atomic E-state index is 12.6. The van der Waals surface area contributed by atoms with Crippen LogP contribution in [-0.4, -0.2) is 45.7 Å². The lowest BCUT2D eigenvalue weighted by atomic mass is 10.1. The van der Waals surface area contributed by atoms with Gasteiger partial charge in [-0.15, -0.1) is 0 Å². The van der Waals surface area contributed by atoms with Crippen LogP contribution in [0.25, 0.3) is 11.8 Å². The fraction of sp³-hybridized carbons (Fsp3) is 0.200. The molecule has 0 unspecified atom stereocenters. The number of rotatable bonds is 3. The monoisotopic (exact) mass is 519 g/mol. The van der Waals surface area contributed by atoms with Crippen molar-refractivity contribution in [2.75, 3.05) is 5.75 Å². The highest BCUT2D eigenvalue weighted by Crippen LogP contribution is 2.31. The largest absolute Gasteiger partial charge is 0.318 e. The van der Waals surface area contributed by atoms with Crippen molar-refractivity contribution in [1.82, 2.24) is 9.47 Å². The van der Waals surface area contributed by atoms with Gasteiger partial charge in [0.15, 0.2) is 0 Å². The van der Waals surface area contributed by atoms with Crippen LogP contribution in [0.4, 0.5) is 0 Å². The maximum Gasteiger partial charge on any atom is 0.283 e. The molecule has 1 aromatic heterocycles. The van der Waals surface area contributed by atoms with Crippen LogP contribution < -0.4 is 0 Å². The molecule has 0 fully saturated rings. The van der Waals surface area contributed by atoms with Gasteiger partial charge in [0.25, 0.3) is 5.91 Å². The second-order valence-electron chi connectivity index (χ2n) is 6.95. The number of aliphatic imine (C=N–C) groups is 1. The number of halogens is 1. The molecule has 2 aromatic rings. The Morgan fingerprint density at radius 3 is 2.55 bits per heavy atom. The summed E-state index contributed by atoms with van der Waals surface area (Å²) < 4.78 is 31.7. The zero-order valence-corrected chi connectivity index (χ0v) is 20.1. The minimum absolute atomic E-state index is 0.0151. The quantitative estimate of drug-likeness (QED) is 0.489. The minimum atomic E-state index is -3.68. The summed E-state index contributed by atoms with van der Waals surface area (Å²) in [5, 5.41) is 8.36. The van der Waals surface area contributed by atoms with Gasteiger partial charge in [-0.05, 0) is 55.8 Å². The fourth-order valence-corrected chi connectivity index (χ4v) is 5.63. The van der Waals surface area contributed by atoms with Crippen molar-refractivity contribution < 1.29 is 13.2 Å². The minimum Gasteiger partial charge on any atom is -0.318 e. The number of hydrogen-bond donors (Lipinski definition) is 1. The summed E-state index contributed by atoms with van der Waals surface area (Å²) in [6.45, 7) is 5.38. The lowest BCUT2D eigenvalue weighted by Gasteiger charge is -2.24. The summed E-state index contributed by atoms with van der Waals surface area (Å²) in [5.41, 5.74) is 3.57. The maximum atomic E-state index is 12.6. The number of aromatic nitrogens is 1. The lowest BCUT2D eigenvalue weighted by Crippen LogP contribution is -2.45. The van der Waals surface area contributed by atoms with Gasteiger partial charge in [0.1, 0.15) is 5.84 Å². The van der Waals surface area contributed by atoms with Gasteiger partial charge in [0.05, 0.1) is 23.3 Å². The second-order valence-corrected chi connectivity index (χ2v) is 10.8. The third-order valence-corrected chi connectivity index (χ3v) is 7.94. The number of amidine groups is 3. The van der Waals surface area contributed by atoms with Crippen LogP contribution in [0.5, 0.6) is 0 Å². The molecule has 1 N–H and O–H groups in total. The molecule has 0 saturated carbocycles. The molecule has 1 amide bonds. The van der Waals surface area contributed by atoms with Gasteiger partial charge in [-0.25, -0.2) is 13.3 Å². The Kier molecular flexibility index (Phi) is 5.52. The van der Waals surface area contributed by atoms with Gasteiger partial charge in [-0.1, -0.05) is 22.9 Å². The van der Waals surface area contributed by atoms with Crippen molar-refractivity contribution in [2.24, 2.45) is 9.39 Å². The van der Waals surface area contributed by atoms with E-state index in [1.54, 1.807) is 6.08 Å². The molecule has 4 rings (SSSR count). The summed E-state index contributed by atoms with van der Waals surface area (Å²) in [6.07, 6.45) is 1.59. The predicted octanol–water partition coefficient (Wildman–Crippen LogP) is 3.87. The van der Waals surface area contributed by atoms with Gasteiger partial charge in [0, 0.05) is 21.5 Å². The molecule has 8 nitrogen and oxygen atoms in total. The number of nitrogens with one attached hydrogen (secondary N) is 1. The van der Waals surface area contributed by atoms with Crippen LogP contribution >= 0.6 is 27.9 Å². The predicted molar refractivity (Wildman–Crippen MR) is 127 cm³/mol. The van der Waals surface area contributed by atoms with E-state index in [4.69, 9.17) is 5.41 Å². The highest BCUT2D eigenvalue weighted by Gasteiger charge is 2.42. The molecule has 1 aromatic carbocycles. The van der Waals surface area contributed by atoms with E-state index in [0.29, 0.717) is 0 Å². The molecule has 0 atom stereocenters. The zero-order valence-electron chi connectivity index (χ0n) is 16.9. The summed E-state index contributed by atoms with van der Waals surface area (Å²) in [7, 11) is -3.68. The first-order valence-electron chi connectivity index (χ1n) is 9.30. The zero-order chi connectivity index (χ0) is 22.5. The van der Waals surface area contributed by atoms with E-state index in [0.717, 1.165) is 44.0 Å². The Morgan fingerprint density at radius 2 is 1.90 bits per heavy atom. The van der Waals surface area contributed by atoms with E-state index in [1.165, 1.54) is 6.92 Å². The number of fused-ring (bicyclic) bond motifs is 1. The third kappa shape index (κ3) is 3.70. The number of sulfone groups is 1. The molecule has 0 spiro atoms. The molecular weight excluding hydrogens is 502 g/mol. The number of nitrogens with zero attached hydrogens (tertiary/aromatic N) is 4. The first-order valence-corrected chi connectivity index (χ1v) is 12.5. The summed E-state index contributed by atoms with van der Waals surface area (Å²) >= 11 is 4.22. The van der Waals surface area contributed by atoms with Gasteiger partial charge in [0.2, 0.25) is 20.2 Å². The number of benzene rings is 1. The summed E-state index contributed by atoms with van der Waals surface area (Å²) in [6, 6.07) is 9.77. The molecule has 2 aliphatic heterocycles. The lowest BCUT2D eigenvalue weighted by molar-refractivity contribution is -0.114. The molecular formula is C20H18BrN5O3S2. The van der Waals surface area contributed by atoms with Crippen molar-refractivity contribution in [1.29, 1.82) is 5.41 Å².